The SMILES string of the molecule is CC(NC1CSCCC1(C)C)c1ccsc1. The highest BCUT2D eigenvalue weighted by Gasteiger charge is 2.33. The first-order valence-corrected chi connectivity index (χ1v) is 8.05. The molecule has 16 heavy (non-hydrogen) atoms. The lowest BCUT2D eigenvalue weighted by Crippen LogP contribution is -2.47. The Morgan fingerprint density at radius 1 is 1.50 bits per heavy atom. The first kappa shape index (κ1) is 12.5. The van der Waals surface area contributed by atoms with E-state index in [1.807, 2.05) is 0 Å². The molecule has 2 rings (SSSR count). The van der Waals surface area contributed by atoms with E-state index < -0.39 is 0 Å². The minimum atomic E-state index is 0.440. The fourth-order valence-corrected chi connectivity index (χ4v) is 4.50. The molecule has 0 aromatic carbocycles. The van der Waals surface area contributed by atoms with Crippen molar-refractivity contribution in [3.63, 3.8) is 0 Å². The first-order valence-electron chi connectivity index (χ1n) is 5.95. The van der Waals surface area contributed by atoms with Crippen LogP contribution in [0.25, 0.3) is 0 Å². The third kappa shape index (κ3) is 2.82. The number of nitrogens with one attached hydrogen (secondary N) is 1. The van der Waals surface area contributed by atoms with Crippen molar-refractivity contribution in [2.24, 2.45) is 5.41 Å². The zero-order chi connectivity index (χ0) is 11.6. The lowest BCUT2D eigenvalue weighted by atomic mass is 9.82. The maximum atomic E-state index is 3.80. The minimum absolute atomic E-state index is 0.440. The number of thiophene rings is 1. The van der Waals surface area contributed by atoms with Crippen molar-refractivity contribution < 1.29 is 0 Å². The van der Waals surface area contributed by atoms with E-state index >= 15 is 0 Å². The number of rotatable bonds is 3. The Labute approximate surface area is 107 Å². The molecule has 1 nitrogen and oxygen atoms in total. The average molecular weight is 255 g/mol. The largest absolute Gasteiger partial charge is 0.306 e. The van der Waals surface area contributed by atoms with Crippen molar-refractivity contribution >= 4 is 23.1 Å². The molecule has 90 valence electrons. The summed E-state index contributed by atoms with van der Waals surface area (Å²) in [7, 11) is 0. The van der Waals surface area contributed by atoms with Crippen LogP contribution in [0.1, 0.15) is 38.8 Å². The molecule has 1 aromatic heterocycles. The highest BCUT2D eigenvalue weighted by Crippen LogP contribution is 2.35. The molecule has 0 aliphatic carbocycles. The highest BCUT2D eigenvalue weighted by atomic mass is 32.2. The van der Waals surface area contributed by atoms with E-state index in [-0.39, 0.29) is 0 Å². The number of thioether (sulfide) groups is 1. The molecule has 2 atom stereocenters. The van der Waals surface area contributed by atoms with E-state index in [0.717, 1.165) is 0 Å². The molecule has 1 fully saturated rings. The molecule has 1 N–H and O–H groups in total. The molecular formula is C13H21NS2. The summed E-state index contributed by atoms with van der Waals surface area (Å²) in [6, 6.07) is 3.35. The Morgan fingerprint density at radius 2 is 2.31 bits per heavy atom. The summed E-state index contributed by atoms with van der Waals surface area (Å²) in [6.45, 7) is 7.06. The Morgan fingerprint density at radius 3 is 2.94 bits per heavy atom. The van der Waals surface area contributed by atoms with Crippen molar-refractivity contribution in [1.82, 2.24) is 5.32 Å². The van der Waals surface area contributed by atoms with Gasteiger partial charge in [0.1, 0.15) is 0 Å². The molecule has 1 aromatic rings. The first-order chi connectivity index (χ1) is 7.59. The topological polar surface area (TPSA) is 12.0 Å². The molecular weight excluding hydrogens is 234 g/mol. The fourth-order valence-electron chi connectivity index (χ4n) is 2.13. The van der Waals surface area contributed by atoms with Gasteiger partial charge in [-0.15, -0.1) is 0 Å². The van der Waals surface area contributed by atoms with Gasteiger partial charge in [0.05, 0.1) is 0 Å². The molecule has 1 aliphatic rings. The molecule has 2 heterocycles. The van der Waals surface area contributed by atoms with E-state index in [1.54, 1.807) is 11.3 Å². The van der Waals surface area contributed by atoms with Gasteiger partial charge in [-0.25, -0.2) is 0 Å². The lowest BCUT2D eigenvalue weighted by molar-refractivity contribution is 0.232. The maximum Gasteiger partial charge on any atom is 0.0303 e. The zero-order valence-electron chi connectivity index (χ0n) is 10.3. The summed E-state index contributed by atoms with van der Waals surface area (Å²) in [5.41, 5.74) is 1.87. The summed E-state index contributed by atoms with van der Waals surface area (Å²) >= 11 is 3.87. The van der Waals surface area contributed by atoms with Gasteiger partial charge in [0.25, 0.3) is 0 Å². The van der Waals surface area contributed by atoms with Crippen LogP contribution in [0.5, 0.6) is 0 Å². The standard InChI is InChI=1S/C13H21NS2/c1-10(11-4-6-15-8-11)14-12-9-16-7-5-13(12,2)3/h4,6,8,10,12,14H,5,7,9H2,1-3H3. The quantitative estimate of drug-likeness (QED) is 0.878. The molecule has 0 saturated carbocycles. The predicted molar refractivity (Wildman–Crippen MR) is 75.4 cm³/mol. The van der Waals surface area contributed by atoms with Crippen molar-refractivity contribution in [3.8, 4) is 0 Å². The lowest BCUT2D eigenvalue weighted by Gasteiger charge is -2.40. The Kier molecular flexibility index (Phi) is 3.98. The van der Waals surface area contributed by atoms with Crippen molar-refractivity contribution in [1.29, 1.82) is 0 Å². The van der Waals surface area contributed by atoms with Crippen molar-refractivity contribution in [3.05, 3.63) is 22.4 Å². The van der Waals surface area contributed by atoms with Crippen LogP contribution in [0, 0.1) is 5.41 Å². The number of hydrogen-bond donors (Lipinski definition) is 1. The van der Waals surface area contributed by atoms with Crippen molar-refractivity contribution in [2.75, 3.05) is 11.5 Å². The number of hydrogen-bond acceptors (Lipinski definition) is 3. The van der Waals surface area contributed by atoms with Crippen LogP contribution >= 0.6 is 23.1 Å². The second kappa shape index (κ2) is 5.11. The summed E-state index contributed by atoms with van der Waals surface area (Å²) in [4.78, 5) is 0. The summed E-state index contributed by atoms with van der Waals surface area (Å²) in [6.07, 6.45) is 1.33. The fraction of sp³-hybridized carbons (Fsp3) is 0.692. The molecule has 1 saturated heterocycles. The summed E-state index contributed by atoms with van der Waals surface area (Å²) < 4.78 is 0. The van der Waals surface area contributed by atoms with Crippen LogP contribution in [0.2, 0.25) is 0 Å². The van der Waals surface area contributed by atoms with Gasteiger partial charge in [-0.3, -0.25) is 0 Å². The van der Waals surface area contributed by atoms with Gasteiger partial charge in [0.15, 0.2) is 0 Å². The highest BCUT2D eigenvalue weighted by molar-refractivity contribution is 7.99. The Hall–Kier alpha value is 0.01000. The van der Waals surface area contributed by atoms with Gasteiger partial charge in [-0.2, -0.15) is 23.1 Å². The van der Waals surface area contributed by atoms with Crippen LogP contribution < -0.4 is 5.32 Å². The molecule has 0 amide bonds. The van der Waals surface area contributed by atoms with Crippen LogP contribution in [-0.4, -0.2) is 17.5 Å². The van der Waals surface area contributed by atoms with E-state index in [2.05, 4.69) is 54.7 Å². The second-order valence-corrected chi connectivity index (χ2v) is 7.24. The van der Waals surface area contributed by atoms with Crippen molar-refractivity contribution in [2.45, 2.75) is 39.3 Å². The van der Waals surface area contributed by atoms with E-state index in [4.69, 9.17) is 0 Å². The van der Waals surface area contributed by atoms with Crippen LogP contribution in [0.3, 0.4) is 0 Å². The van der Waals surface area contributed by atoms with E-state index in [1.165, 1.54) is 23.5 Å². The smallest absolute Gasteiger partial charge is 0.0303 e. The molecule has 2 unspecified atom stereocenters. The minimum Gasteiger partial charge on any atom is -0.306 e. The van der Waals surface area contributed by atoms with Gasteiger partial charge >= 0.3 is 0 Å². The van der Waals surface area contributed by atoms with Gasteiger partial charge in [0, 0.05) is 17.8 Å². The van der Waals surface area contributed by atoms with Gasteiger partial charge in [-0.1, -0.05) is 13.8 Å². The normalized spacial score (nSPS) is 26.6. The molecule has 0 spiro atoms. The molecule has 0 bridgehead atoms. The Balaban J connectivity index is 1.98. The third-order valence-corrected chi connectivity index (χ3v) is 5.38. The molecule has 3 heteroatoms. The van der Waals surface area contributed by atoms with Crippen LogP contribution in [0.4, 0.5) is 0 Å². The van der Waals surface area contributed by atoms with E-state index in [9.17, 15) is 0 Å². The van der Waals surface area contributed by atoms with Crippen LogP contribution in [-0.2, 0) is 0 Å². The second-order valence-electron chi connectivity index (χ2n) is 5.31. The maximum absolute atomic E-state index is 3.80. The summed E-state index contributed by atoms with van der Waals surface area (Å²) in [5, 5.41) is 8.21. The average Bonchev–Trinajstić information content (AvgIpc) is 2.74. The monoisotopic (exact) mass is 255 g/mol. The van der Waals surface area contributed by atoms with Gasteiger partial charge < -0.3 is 5.32 Å². The predicted octanol–water partition coefficient (Wildman–Crippen LogP) is 3.93. The molecule has 1 aliphatic heterocycles. The van der Waals surface area contributed by atoms with Crippen LogP contribution in [0.15, 0.2) is 16.8 Å². The van der Waals surface area contributed by atoms with Gasteiger partial charge in [0.2, 0.25) is 0 Å². The van der Waals surface area contributed by atoms with E-state index in [0.29, 0.717) is 17.5 Å². The third-order valence-electron chi connectivity index (χ3n) is 3.61. The molecule has 0 radical (unpaired) electrons. The zero-order valence-corrected chi connectivity index (χ0v) is 12.0. The Bertz CT molecular complexity index is 319. The van der Waals surface area contributed by atoms with Gasteiger partial charge in [-0.05, 0) is 46.9 Å². The summed E-state index contributed by atoms with van der Waals surface area (Å²) in [5.74, 6) is 2.57.